The minimum absolute atomic E-state index is 1.02. The van der Waals surface area contributed by atoms with Crippen LogP contribution >= 0.6 is 0 Å². The van der Waals surface area contributed by atoms with Gasteiger partial charge in [-0.3, -0.25) is 0 Å². The SMILES string of the molecule is C=C/C=C\CC1=C(C)Cc2cc(C)ccc21. The zero-order valence-corrected chi connectivity index (χ0v) is 10.1. The molecule has 0 aliphatic heterocycles. The highest BCUT2D eigenvalue weighted by molar-refractivity contribution is 5.77. The van der Waals surface area contributed by atoms with E-state index in [0.717, 1.165) is 12.8 Å². The van der Waals surface area contributed by atoms with Crippen molar-refractivity contribution in [3.8, 4) is 0 Å². The molecule has 0 saturated heterocycles. The van der Waals surface area contributed by atoms with Gasteiger partial charge in [-0.25, -0.2) is 0 Å². The molecule has 0 heterocycles. The van der Waals surface area contributed by atoms with E-state index < -0.39 is 0 Å². The van der Waals surface area contributed by atoms with Crippen LogP contribution in [0.4, 0.5) is 0 Å². The minimum atomic E-state index is 1.02. The van der Waals surface area contributed by atoms with Crippen LogP contribution in [0.1, 0.15) is 30.0 Å². The third-order valence-electron chi connectivity index (χ3n) is 3.15. The summed E-state index contributed by atoms with van der Waals surface area (Å²) < 4.78 is 0. The van der Waals surface area contributed by atoms with Crippen molar-refractivity contribution in [2.45, 2.75) is 26.7 Å². The van der Waals surface area contributed by atoms with Gasteiger partial charge >= 0.3 is 0 Å². The maximum atomic E-state index is 3.70. The van der Waals surface area contributed by atoms with Gasteiger partial charge in [-0.1, -0.05) is 54.1 Å². The molecule has 16 heavy (non-hydrogen) atoms. The molecule has 0 aromatic heterocycles. The molecule has 0 fully saturated rings. The Kier molecular flexibility index (Phi) is 3.09. The largest absolute Gasteiger partial charge is 0.0991 e. The first-order valence-electron chi connectivity index (χ1n) is 5.78. The molecule has 1 aliphatic carbocycles. The highest BCUT2D eigenvalue weighted by Crippen LogP contribution is 2.35. The Hall–Kier alpha value is -1.56. The van der Waals surface area contributed by atoms with E-state index in [-0.39, 0.29) is 0 Å². The fourth-order valence-corrected chi connectivity index (χ4v) is 2.35. The average molecular weight is 210 g/mol. The quantitative estimate of drug-likeness (QED) is 0.646. The lowest BCUT2D eigenvalue weighted by molar-refractivity contribution is 1.18. The van der Waals surface area contributed by atoms with Gasteiger partial charge in [-0.05, 0) is 43.4 Å². The van der Waals surface area contributed by atoms with E-state index in [1.165, 1.54) is 27.8 Å². The van der Waals surface area contributed by atoms with Crippen LogP contribution in [-0.2, 0) is 6.42 Å². The number of benzene rings is 1. The Morgan fingerprint density at radius 3 is 2.88 bits per heavy atom. The standard InChI is InChI=1S/C16H18/c1-4-5-6-7-15-13(3)11-14-10-12(2)8-9-16(14)15/h4-6,8-10H,1,7,11H2,2-3H3/b6-5-. The van der Waals surface area contributed by atoms with E-state index in [2.05, 4.69) is 44.7 Å². The molecule has 0 saturated carbocycles. The van der Waals surface area contributed by atoms with Crippen LogP contribution in [0.3, 0.4) is 0 Å². The Labute approximate surface area is 98.0 Å². The van der Waals surface area contributed by atoms with Crippen molar-refractivity contribution < 1.29 is 0 Å². The summed E-state index contributed by atoms with van der Waals surface area (Å²) >= 11 is 0. The second-order valence-corrected chi connectivity index (χ2v) is 4.46. The number of hydrogen-bond acceptors (Lipinski definition) is 0. The van der Waals surface area contributed by atoms with Crippen molar-refractivity contribution in [3.63, 3.8) is 0 Å². The lowest BCUT2D eigenvalue weighted by Crippen LogP contribution is -1.85. The highest BCUT2D eigenvalue weighted by Gasteiger charge is 2.17. The predicted molar refractivity (Wildman–Crippen MR) is 71.4 cm³/mol. The molecule has 0 heteroatoms. The van der Waals surface area contributed by atoms with Crippen LogP contribution in [0.15, 0.2) is 48.6 Å². The van der Waals surface area contributed by atoms with Crippen molar-refractivity contribution >= 4 is 5.57 Å². The highest BCUT2D eigenvalue weighted by atomic mass is 14.2. The van der Waals surface area contributed by atoms with Gasteiger partial charge in [-0.2, -0.15) is 0 Å². The summed E-state index contributed by atoms with van der Waals surface area (Å²) in [5.41, 5.74) is 7.29. The summed E-state index contributed by atoms with van der Waals surface area (Å²) in [6.45, 7) is 8.10. The minimum Gasteiger partial charge on any atom is -0.0991 e. The first-order valence-corrected chi connectivity index (χ1v) is 5.78. The Bertz CT molecular complexity index is 473. The molecule has 1 aliphatic rings. The molecule has 0 bridgehead atoms. The van der Waals surface area contributed by atoms with Gasteiger partial charge in [0.2, 0.25) is 0 Å². The monoisotopic (exact) mass is 210 g/mol. The number of fused-ring (bicyclic) bond motifs is 1. The second-order valence-electron chi connectivity index (χ2n) is 4.46. The molecule has 0 N–H and O–H groups in total. The van der Waals surface area contributed by atoms with Gasteiger partial charge in [0.1, 0.15) is 0 Å². The fourth-order valence-electron chi connectivity index (χ4n) is 2.35. The molecule has 1 aromatic rings. The predicted octanol–water partition coefficient (Wildman–Crippen LogP) is 4.46. The van der Waals surface area contributed by atoms with Crippen molar-refractivity contribution in [2.24, 2.45) is 0 Å². The van der Waals surface area contributed by atoms with E-state index in [9.17, 15) is 0 Å². The molecule has 2 rings (SSSR count). The van der Waals surface area contributed by atoms with Gasteiger partial charge in [0.15, 0.2) is 0 Å². The molecule has 0 radical (unpaired) electrons. The Morgan fingerprint density at radius 1 is 1.31 bits per heavy atom. The fraction of sp³-hybridized carbons (Fsp3) is 0.250. The molecule has 0 unspecified atom stereocenters. The molecular weight excluding hydrogens is 192 g/mol. The van der Waals surface area contributed by atoms with Crippen molar-refractivity contribution in [3.05, 3.63) is 65.3 Å². The zero-order valence-electron chi connectivity index (χ0n) is 10.1. The molecule has 0 nitrogen and oxygen atoms in total. The first kappa shape index (κ1) is 10.9. The molecule has 1 aromatic carbocycles. The van der Waals surface area contributed by atoms with Crippen LogP contribution in [0.5, 0.6) is 0 Å². The van der Waals surface area contributed by atoms with Crippen molar-refractivity contribution in [1.82, 2.24) is 0 Å². The first-order chi connectivity index (χ1) is 7.72. The molecule has 0 spiro atoms. The molecule has 0 amide bonds. The lowest BCUT2D eigenvalue weighted by Gasteiger charge is -2.04. The zero-order chi connectivity index (χ0) is 11.5. The van der Waals surface area contributed by atoms with Gasteiger partial charge in [0, 0.05) is 0 Å². The number of hydrogen-bond donors (Lipinski definition) is 0. The average Bonchev–Trinajstić information content (AvgIpc) is 2.55. The Balaban J connectivity index is 2.30. The van der Waals surface area contributed by atoms with E-state index in [4.69, 9.17) is 0 Å². The van der Waals surface area contributed by atoms with Crippen LogP contribution in [0.2, 0.25) is 0 Å². The van der Waals surface area contributed by atoms with Crippen molar-refractivity contribution in [1.29, 1.82) is 0 Å². The van der Waals surface area contributed by atoms with Gasteiger partial charge in [0.25, 0.3) is 0 Å². The molecule has 0 atom stereocenters. The van der Waals surface area contributed by atoms with Crippen LogP contribution in [-0.4, -0.2) is 0 Å². The van der Waals surface area contributed by atoms with Gasteiger partial charge in [0.05, 0.1) is 0 Å². The summed E-state index contributed by atoms with van der Waals surface area (Å²) in [5.74, 6) is 0. The lowest BCUT2D eigenvalue weighted by atomic mass is 10.0. The maximum Gasteiger partial charge on any atom is -0.00576 e. The van der Waals surface area contributed by atoms with Crippen molar-refractivity contribution in [2.75, 3.05) is 0 Å². The van der Waals surface area contributed by atoms with Crippen LogP contribution in [0, 0.1) is 6.92 Å². The number of rotatable bonds is 3. The van der Waals surface area contributed by atoms with Crippen LogP contribution < -0.4 is 0 Å². The maximum absolute atomic E-state index is 3.70. The van der Waals surface area contributed by atoms with E-state index in [1.807, 2.05) is 12.2 Å². The topological polar surface area (TPSA) is 0 Å². The summed E-state index contributed by atoms with van der Waals surface area (Å²) in [7, 11) is 0. The smallest absolute Gasteiger partial charge is 0.00576 e. The van der Waals surface area contributed by atoms with Gasteiger partial charge in [-0.15, -0.1) is 0 Å². The third-order valence-corrected chi connectivity index (χ3v) is 3.15. The summed E-state index contributed by atoms with van der Waals surface area (Å²) in [5, 5.41) is 0. The molecular formula is C16H18. The van der Waals surface area contributed by atoms with E-state index >= 15 is 0 Å². The summed E-state index contributed by atoms with van der Waals surface area (Å²) in [6.07, 6.45) is 8.18. The molecule has 82 valence electrons. The summed E-state index contributed by atoms with van der Waals surface area (Å²) in [6, 6.07) is 6.77. The normalized spacial score (nSPS) is 14.6. The van der Waals surface area contributed by atoms with E-state index in [0.29, 0.717) is 0 Å². The Morgan fingerprint density at radius 2 is 2.12 bits per heavy atom. The number of allylic oxidation sites excluding steroid dienone is 5. The second kappa shape index (κ2) is 4.52. The summed E-state index contributed by atoms with van der Waals surface area (Å²) in [4.78, 5) is 0. The number of aryl methyl sites for hydroxylation is 1. The van der Waals surface area contributed by atoms with E-state index in [1.54, 1.807) is 0 Å². The van der Waals surface area contributed by atoms with Gasteiger partial charge < -0.3 is 0 Å². The third kappa shape index (κ3) is 2.01. The van der Waals surface area contributed by atoms with Crippen LogP contribution in [0.25, 0.3) is 5.57 Å².